The third kappa shape index (κ3) is 7.48. The van der Waals surface area contributed by atoms with Gasteiger partial charge in [0, 0.05) is 26.1 Å². The Morgan fingerprint density at radius 2 is 1.53 bits per heavy atom. The number of aromatic nitrogens is 4. The van der Waals surface area contributed by atoms with Crippen LogP contribution in [0.1, 0.15) is 22.6 Å². The third-order valence-corrected chi connectivity index (χ3v) is 8.14. The van der Waals surface area contributed by atoms with Crippen molar-refractivity contribution in [1.82, 2.24) is 29.3 Å². The van der Waals surface area contributed by atoms with Gasteiger partial charge in [-0.25, -0.2) is 24.5 Å². The lowest BCUT2D eigenvalue weighted by atomic mass is 9.98. The summed E-state index contributed by atoms with van der Waals surface area (Å²) in [6.45, 7) is -0.726. The second kappa shape index (κ2) is 14.6. The van der Waals surface area contributed by atoms with E-state index in [0.29, 0.717) is 5.65 Å². The molecule has 49 heavy (non-hydrogen) atoms. The Kier molecular flexibility index (Phi) is 9.74. The minimum absolute atomic E-state index is 0.0268. The third-order valence-electron chi connectivity index (χ3n) is 8.14. The van der Waals surface area contributed by atoms with Crippen molar-refractivity contribution < 1.29 is 33.8 Å². The molecule has 250 valence electrons. The van der Waals surface area contributed by atoms with E-state index in [-0.39, 0.29) is 43.6 Å². The quantitative estimate of drug-likeness (QED) is 0.196. The van der Waals surface area contributed by atoms with E-state index in [1.54, 1.807) is 4.57 Å². The summed E-state index contributed by atoms with van der Waals surface area (Å²) in [6.07, 6.45) is 1.27. The number of rotatable bonds is 12. The number of hydrogen-bond donors (Lipinski definition) is 2. The summed E-state index contributed by atoms with van der Waals surface area (Å²) in [5.74, 6) is -1.81. The van der Waals surface area contributed by atoms with Gasteiger partial charge in [-0.05, 0) is 27.8 Å². The zero-order valence-electron chi connectivity index (χ0n) is 26.6. The van der Waals surface area contributed by atoms with Crippen LogP contribution >= 0.6 is 0 Å². The molecule has 2 N–H and O–H groups in total. The van der Waals surface area contributed by atoms with Gasteiger partial charge < -0.3 is 28.9 Å². The predicted octanol–water partition coefficient (Wildman–Crippen LogP) is 4.37. The van der Waals surface area contributed by atoms with Gasteiger partial charge in [-0.1, -0.05) is 78.9 Å². The van der Waals surface area contributed by atoms with Crippen LogP contribution in [0.5, 0.6) is 0 Å². The number of fused-ring (bicyclic) bond motifs is 4. The molecular formula is C35H33N7O7. The van der Waals surface area contributed by atoms with Crippen LogP contribution in [0, 0.1) is 0 Å². The molecule has 5 aromatic rings. The number of aliphatic carboxylic acids is 1. The summed E-state index contributed by atoms with van der Waals surface area (Å²) in [6, 6.07) is 25.1. The first kappa shape index (κ1) is 32.6. The SMILES string of the molecule is CN(CC(=O)N(CCn1cnc2c(NC(=O)OCc3ccccc3)ncnc21)CC(=O)O)C(=O)OCC1c2ccccc2-c2ccccc21. The monoisotopic (exact) mass is 663 g/mol. The molecule has 0 saturated heterocycles. The summed E-state index contributed by atoms with van der Waals surface area (Å²) in [5.41, 5.74) is 5.77. The number of imidazole rings is 1. The lowest BCUT2D eigenvalue weighted by Gasteiger charge is -2.24. The number of carbonyl (C=O) groups excluding carboxylic acids is 3. The average Bonchev–Trinajstić information content (AvgIpc) is 3.67. The van der Waals surface area contributed by atoms with E-state index in [4.69, 9.17) is 9.47 Å². The molecule has 6 rings (SSSR count). The van der Waals surface area contributed by atoms with Crippen molar-refractivity contribution in [3.8, 4) is 11.1 Å². The van der Waals surface area contributed by atoms with E-state index in [1.807, 2.05) is 78.9 Å². The van der Waals surface area contributed by atoms with Crippen LogP contribution in [0.15, 0.2) is 91.5 Å². The Labute approximate surface area is 280 Å². The molecule has 0 aliphatic heterocycles. The van der Waals surface area contributed by atoms with E-state index in [9.17, 15) is 24.3 Å². The molecule has 14 nitrogen and oxygen atoms in total. The normalized spacial score (nSPS) is 11.8. The summed E-state index contributed by atoms with van der Waals surface area (Å²) in [4.78, 5) is 65.2. The average molecular weight is 664 g/mol. The molecular weight excluding hydrogens is 630 g/mol. The van der Waals surface area contributed by atoms with Crippen LogP contribution in [0.3, 0.4) is 0 Å². The van der Waals surface area contributed by atoms with Crippen LogP contribution in [0.25, 0.3) is 22.3 Å². The van der Waals surface area contributed by atoms with Gasteiger partial charge >= 0.3 is 18.2 Å². The first-order valence-electron chi connectivity index (χ1n) is 15.5. The predicted molar refractivity (Wildman–Crippen MR) is 177 cm³/mol. The first-order chi connectivity index (χ1) is 23.8. The molecule has 0 saturated carbocycles. The van der Waals surface area contributed by atoms with Crippen molar-refractivity contribution in [3.05, 3.63) is 108 Å². The van der Waals surface area contributed by atoms with Crippen molar-refractivity contribution >= 4 is 41.0 Å². The van der Waals surface area contributed by atoms with E-state index >= 15 is 0 Å². The van der Waals surface area contributed by atoms with Crippen LogP contribution in [0.4, 0.5) is 15.4 Å². The Morgan fingerprint density at radius 3 is 2.22 bits per heavy atom. The van der Waals surface area contributed by atoms with Crippen molar-refractivity contribution in [2.75, 3.05) is 38.6 Å². The number of likely N-dealkylation sites (N-methyl/N-ethyl adjacent to an activating group) is 1. The minimum atomic E-state index is -1.21. The number of carboxylic acid groups (broad SMARTS) is 1. The summed E-state index contributed by atoms with van der Waals surface area (Å²) >= 11 is 0. The molecule has 2 aromatic heterocycles. The topological polar surface area (TPSA) is 169 Å². The number of carboxylic acids is 1. The van der Waals surface area contributed by atoms with Gasteiger partial charge in [-0.2, -0.15) is 0 Å². The fourth-order valence-electron chi connectivity index (χ4n) is 5.75. The van der Waals surface area contributed by atoms with Crippen molar-refractivity contribution in [2.24, 2.45) is 0 Å². The highest BCUT2D eigenvalue weighted by Gasteiger charge is 2.30. The highest BCUT2D eigenvalue weighted by atomic mass is 16.6. The molecule has 0 unspecified atom stereocenters. The fraction of sp³-hybridized carbons (Fsp3) is 0.229. The Hall–Kier alpha value is -6.31. The van der Waals surface area contributed by atoms with Crippen LogP contribution < -0.4 is 5.32 Å². The van der Waals surface area contributed by atoms with Gasteiger partial charge in [0.15, 0.2) is 17.0 Å². The molecule has 14 heteroatoms. The lowest BCUT2D eigenvalue weighted by molar-refractivity contribution is -0.144. The van der Waals surface area contributed by atoms with Gasteiger partial charge in [0.05, 0.1) is 6.33 Å². The minimum Gasteiger partial charge on any atom is -0.480 e. The highest BCUT2D eigenvalue weighted by molar-refractivity contribution is 5.93. The van der Waals surface area contributed by atoms with Gasteiger partial charge in [0.25, 0.3) is 0 Å². The standard InChI is InChI=1S/C35H33N7O7/c1-40(35(47)49-20-28-26-13-7-5-11-24(26)25-12-6-8-14-27(25)28)17-29(43)41(18-30(44)45)15-16-42-22-38-31-32(36-21-37-33(31)42)39-34(46)48-19-23-9-3-2-4-10-23/h2-14,21-22,28H,15-20H2,1H3,(H,44,45)(H,36,37,39,46). The first-order valence-corrected chi connectivity index (χ1v) is 15.5. The lowest BCUT2D eigenvalue weighted by Crippen LogP contribution is -2.44. The molecule has 2 heterocycles. The summed E-state index contributed by atoms with van der Waals surface area (Å²) < 4.78 is 12.5. The molecule has 0 fully saturated rings. The van der Waals surface area contributed by atoms with Gasteiger partial charge in [0.1, 0.15) is 32.6 Å². The molecule has 0 atom stereocenters. The van der Waals surface area contributed by atoms with Crippen LogP contribution in [-0.4, -0.2) is 91.8 Å². The molecule has 0 spiro atoms. The number of benzene rings is 3. The molecule has 1 aliphatic rings. The Balaban J connectivity index is 1.05. The second-order valence-corrected chi connectivity index (χ2v) is 11.4. The number of nitrogens with one attached hydrogen (secondary N) is 1. The maximum absolute atomic E-state index is 13.2. The number of anilines is 1. The van der Waals surface area contributed by atoms with E-state index in [0.717, 1.165) is 37.6 Å². The van der Waals surface area contributed by atoms with Gasteiger partial charge in [0.2, 0.25) is 5.91 Å². The maximum atomic E-state index is 13.2. The zero-order valence-corrected chi connectivity index (χ0v) is 26.6. The van der Waals surface area contributed by atoms with Crippen molar-refractivity contribution in [1.29, 1.82) is 0 Å². The number of amides is 3. The fourth-order valence-corrected chi connectivity index (χ4v) is 5.75. The molecule has 3 amide bonds. The number of ether oxygens (including phenoxy) is 2. The van der Waals surface area contributed by atoms with Crippen LogP contribution in [0.2, 0.25) is 0 Å². The van der Waals surface area contributed by atoms with Gasteiger partial charge in [-0.15, -0.1) is 0 Å². The largest absolute Gasteiger partial charge is 0.480 e. The molecule has 3 aromatic carbocycles. The molecule has 0 bridgehead atoms. The van der Waals surface area contributed by atoms with Crippen LogP contribution in [-0.2, 0) is 32.2 Å². The summed E-state index contributed by atoms with van der Waals surface area (Å²) in [7, 11) is 1.43. The van der Waals surface area contributed by atoms with Crippen molar-refractivity contribution in [3.63, 3.8) is 0 Å². The summed E-state index contributed by atoms with van der Waals surface area (Å²) in [5, 5.41) is 12.1. The second-order valence-electron chi connectivity index (χ2n) is 11.4. The number of hydrogen-bond acceptors (Lipinski definition) is 9. The number of nitrogens with zero attached hydrogens (tertiary/aromatic N) is 6. The highest BCUT2D eigenvalue weighted by Crippen LogP contribution is 2.44. The molecule has 1 aliphatic carbocycles. The Bertz CT molecular complexity index is 1950. The Morgan fingerprint density at radius 1 is 0.857 bits per heavy atom. The molecule has 0 radical (unpaired) electrons. The van der Waals surface area contributed by atoms with Gasteiger partial charge in [-0.3, -0.25) is 14.9 Å². The van der Waals surface area contributed by atoms with E-state index in [1.165, 1.54) is 19.7 Å². The van der Waals surface area contributed by atoms with Crippen molar-refractivity contribution in [2.45, 2.75) is 19.1 Å². The number of carbonyl (C=O) groups is 4. The van der Waals surface area contributed by atoms with E-state index in [2.05, 4.69) is 20.3 Å². The zero-order chi connectivity index (χ0) is 34.3. The smallest absolute Gasteiger partial charge is 0.413 e. The maximum Gasteiger partial charge on any atom is 0.413 e. The van der Waals surface area contributed by atoms with E-state index < -0.39 is 37.2 Å².